The third kappa shape index (κ3) is 2.23. The van der Waals surface area contributed by atoms with Crippen LogP contribution in [0.25, 0.3) is 0 Å². The van der Waals surface area contributed by atoms with E-state index < -0.39 is 19.3 Å². The first-order valence-corrected chi connectivity index (χ1v) is 4.79. The van der Waals surface area contributed by atoms with Crippen LogP contribution in [0.5, 0.6) is 0 Å². The standard InChI is InChI=1S/C10H14FN3O/c1-15-9-3-6-14(7-8(9)11)10-12-4-2-5-13-10/h2,4-5,8-9H,3,6-7H2,1H3/t8-,9+/m1/s1/i1D3. The van der Waals surface area contributed by atoms with Crippen molar-refractivity contribution in [2.75, 3.05) is 25.0 Å². The molecule has 0 unspecified atom stereocenters. The van der Waals surface area contributed by atoms with E-state index >= 15 is 0 Å². The summed E-state index contributed by atoms with van der Waals surface area (Å²) in [4.78, 5) is 9.75. The Hall–Kier alpha value is -1.23. The number of nitrogens with zero attached hydrogens (tertiary/aromatic N) is 3. The molecule has 82 valence electrons. The number of piperidine rings is 1. The quantitative estimate of drug-likeness (QED) is 0.737. The van der Waals surface area contributed by atoms with Crippen LogP contribution in [0.15, 0.2) is 18.5 Å². The molecule has 1 aliphatic heterocycles. The van der Waals surface area contributed by atoms with Crippen LogP contribution in [0.2, 0.25) is 0 Å². The minimum Gasteiger partial charge on any atom is -0.378 e. The monoisotopic (exact) mass is 214 g/mol. The zero-order valence-corrected chi connectivity index (χ0v) is 8.14. The number of ether oxygens (including phenoxy) is 1. The topological polar surface area (TPSA) is 38.2 Å². The van der Waals surface area contributed by atoms with Crippen molar-refractivity contribution in [1.82, 2.24) is 9.97 Å². The molecule has 0 saturated carbocycles. The molecular weight excluding hydrogens is 197 g/mol. The maximum Gasteiger partial charge on any atom is 0.225 e. The van der Waals surface area contributed by atoms with Gasteiger partial charge in [-0.05, 0) is 12.5 Å². The summed E-state index contributed by atoms with van der Waals surface area (Å²) < 4.78 is 39.5. The Bertz CT molecular complexity index is 390. The third-order valence-corrected chi connectivity index (χ3v) is 2.47. The van der Waals surface area contributed by atoms with Crippen LogP contribution in [0.4, 0.5) is 10.3 Å². The summed E-state index contributed by atoms with van der Waals surface area (Å²) in [5, 5.41) is 0. The molecule has 0 radical (unpaired) electrons. The fraction of sp³-hybridized carbons (Fsp3) is 0.600. The fourth-order valence-electron chi connectivity index (χ4n) is 1.65. The Balaban J connectivity index is 1.96. The van der Waals surface area contributed by atoms with Gasteiger partial charge >= 0.3 is 0 Å². The van der Waals surface area contributed by atoms with Gasteiger partial charge in [0.1, 0.15) is 6.17 Å². The van der Waals surface area contributed by atoms with E-state index in [2.05, 4.69) is 9.97 Å². The molecule has 1 aromatic heterocycles. The molecule has 1 fully saturated rings. The van der Waals surface area contributed by atoms with Gasteiger partial charge in [-0.15, -0.1) is 0 Å². The molecule has 2 heterocycles. The maximum absolute atomic E-state index is 13.8. The predicted molar refractivity (Wildman–Crippen MR) is 54.6 cm³/mol. The fourth-order valence-corrected chi connectivity index (χ4v) is 1.65. The number of hydrogen-bond acceptors (Lipinski definition) is 4. The maximum atomic E-state index is 13.8. The molecule has 0 N–H and O–H groups in total. The molecule has 1 saturated heterocycles. The van der Waals surface area contributed by atoms with Crippen molar-refractivity contribution in [3.63, 3.8) is 0 Å². The number of methoxy groups -OCH3 is 1. The van der Waals surface area contributed by atoms with Gasteiger partial charge in [0.05, 0.1) is 16.8 Å². The van der Waals surface area contributed by atoms with E-state index in [1.165, 1.54) is 0 Å². The molecular formula is C10H14FN3O. The number of hydrogen-bond donors (Lipinski definition) is 0. The van der Waals surface area contributed by atoms with Crippen LogP contribution < -0.4 is 4.90 Å². The van der Waals surface area contributed by atoms with Crippen LogP contribution in [-0.2, 0) is 4.74 Å². The van der Waals surface area contributed by atoms with Gasteiger partial charge in [0.25, 0.3) is 0 Å². The van der Waals surface area contributed by atoms with Crippen molar-refractivity contribution in [1.29, 1.82) is 0 Å². The second-order valence-corrected chi connectivity index (χ2v) is 3.46. The Morgan fingerprint density at radius 1 is 1.60 bits per heavy atom. The average molecular weight is 214 g/mol. The molecule has 5 heteroatoms. The summed E-state index contributed by atoms with van der Waals surface area (Å²) in [6.45, 7) is 0.524. The highest BCUT2D eigenvalue weighted by Crippen LogP contribution is 2.19. The Morgan fingerprint density at radius 2 is 2.40 bits per heavy atom. The molecule has 1 aromatic rings. The first-order valence-electron chi connectivity index (χ1n) is 6.29. The van der Waals surface area contributed by atoms with Crippen molar-refractivity contribution in [2.24, 2.45) is 0 Å². The van der Waals surface area contributed by atoms with E-state index in [0.29, 0.717) is 18.9 Å². The van der Waals surface area contributed by atoms with Crippen molar-refractivity contribution in [3.8, 4) is 0 Å². The van der Waals surface area contributed by atoms with Gasteiger partial charge in [0.2, 0.25) is 5.95 Å². The van der Waals surface area contributed by atoms with E-state index in [9.17, 15) is 4.39 Å². The van der Waals surface area contributed by atoms with Gasteiger partial charge in [-0.25, -0.2) is 14.4 Å². The Labute approximate surface area is 92.3 Å². The lowest BCUT2D eigenvalue weighted by Crippen LogP contribution is -2.46. The number of aromatic nitrogens is 2. The van der Waals surface area contributed by atoms with Crippen molar-refractivity contribution < 1.29 is 13.2 Å². The van der Waals surface area contributed by atoms with Gasteiger partial charge in [-0.2, -0.15) is 0 Å². The van der Waals surface area contributed by atoms with Crippen molar-refractivity contribution in [2.45, 2.75) is 18.7 Å². The molecule has 2 rings (SSSR count). The largest absolute Gasteiger partial charge is 0.378 e. The molecule has 0 amide bonds. The molecule has 4 nitrogen and oxygen atoms in total. The lowest BCUT2D eigenvalue weighted by atomic mass is 10.1. The number of halogens is 1. The summed E-state index contributed by atoms with van der Waals surface area (Å²) in [6, 6.07) is 1.68. The van der Waals surface area contributed by atoms with E-state index in [4.69, 9.17) is 8.85 Å². The molecule has 2 atom stereocenters. The van der Waals surface area contributed by atoms with Gasteiger partial charge in [0, 0.05) is 26.0 Å². The zero-order valence-electron chi connectivity index (χ0n) is 11.1. The third-order valence-electron chi connectivity index (χ3n) is 2.47. The molecule has 15 heavy (non-hydrogen) atoms. The second-order valence-electron chi connectivity index (χ2n) is 3.46. The van der Waals surface area contributed by atoms with E-state index in [0.717, 1.165) is 0 Å². The average Bonchev–Trinajstić information content (AvgIpc) is 2.31. The normalized spacial score (nSPS) is 30.5. The van der Waals surface area contributed by atoms with Crippen LogP contribution in [-0.4, -0.2) is 42.4 Å². The van der Waals surface area contributed by atoms with Crippen LogP contribution in [0.3, 0.4) is 0 Å². The Morgan fingerprint density at radius 3 is 3.07 bits per heavy atom. The molecule has 1 aliphatic rings. The van der Waals surface area contributed by atoms with E-state index in [1.807, 2.05) is 0 Å². The summed E-state index contributed by atoms with van der Waals surface area (Å²) in [5.41, 5.74) is 0. The first-order chi connectivity index (χ1) is 8.46. The SMILES string of the molecule is [2H]C([2H])([2H])O[C@H]1CCN(c2ncccn2)C[C@H]1F. The van der Waals surface area contributed by atoms with Crippen LogP contribution in [0, 0.1) is 0 Å². The second kappa shape index (κ2) is 4.53. The molecule has 0 bridgehead atoms. The molecule has 0 spiro atoms. The van der Waals surface area contributed by atoms with Crippen molar-refractivity contribution >= 4 is 5.95 Å². The predicted octanol–water partition coefficient (Wildman–Crippen LogP) is 1.04. The number of anilines is 1. The van der Waals surface area contributed by atoms with Gasteiger partial charge in [0.15, 0.2) is 0 Å². The van der Waals surface area contributed by atoms with Crippen LogP contribution >= 0.6 is 0 Å². The van der Waals surface area contributed by atoms with Gasteiger partial charge < -0.3 is 9.64 Å². The first kappa shape index (κ1) is 7.11. The van der Waals surface area contributed by atoms with Crippen LogP contribution in [0.1, 0.15) is 10.5 Å². The van der Waals surface area contributed by atoms with E-state index in [-0.39, 0.29) is 6.54 Å². The minimum absolute atomic E-state index is 0.0464. The summed E-state index contributed by atoms with van der Waals surface area (Å²) in [6.07, 6.45) is 1.22. The highest BCUT2D eigenvalue weighted by atomic mass is 19.1. The molecule has 0 aliphatic carbocycles. The van der Waals surface area contributed by atoms with Gasteiger partial charge in [-0.1, -0.05) is 0 Å². The lowest BCUT2D eigenvalue weighted by Gasteiger charge is -2.33. The highest BCUT2D eigenvalue weighted by Gasteiger charge is 2.29. The highest BCUT2D eigenvalue weighted by molar-refractivity contribution is 5.29. The van der Waals surface area contributed by atoms with Crippen molar-refractivity contribution in [3.05, 3.63) is 18.5 Å². The number of rotatable bonds is 2. The van der Waals surface area contributed by atoms with Gasteiger partial charge in [-0.3, -0.25) is 0 Å². The summed E-state index contributed by atoms with van der Waals surface area (Å²) in [7, 11) is -2.56. The van der Waals surface area contributed by atoms with E-state index in [1.54, 1.807) is 23.4 Å². The Kier molecular flexibility index (Phi) is 2.15. The minimum atomic E-state index is -2.56. The summed E-state index contributed by atoms with van der Waals surface area (Å²) in [5.74, 6) is 0.451. The smallest absolute Gasteiger partial charge is 0.225 e. The molecule has 0 aromatic carbocycles. The number of alkyl halides is 1. The summed E-state index contributed by atoms with van der Waals surface area (Å²) >= 11 is 0. The zero-order chi connectivity index (χ0) is 13.2. The lowest BCUT2D eigenvalue weighted by molar-refractivity contribution is 0.0194.